The van der Waals surface area contributed by atoms with Crippen LogP contribution in [0.25, 0.3) is 0 Å². The van der Waals surface area contributed by atoms with Crippen LogP contribution in [0.15, 0.2) is 30.5 Å². The fourth-order valence-electron chi connectivity index (χ4n) is 2.80. The van der Waals surface area contributed by atoms with E-state index in [2.05, 4.69) is 20.2 Å². The Kier molecular flexibility index (Phi) is 4.93. The summed E-state index contributed by atoms with van der Waals surface area (Å²) in [5, 5.41) is 2.86. The van der Waals surface area contributed by atoms with Crippen LogP contribution < -0.4 is 15.0 Å². The van der Waals surface area contributed by atoms with Crippen molar-refractivity contribution in [2.75, 3.05) is 30.4 Å². The van der Waals surface area contributed by atoms with Crippen molar-refractivity contribution in [3.05, 3.63) is 41.7 Å². The molecule has 6 heteroatoms. The van der Waals surface area contributed by atoms with Crippen LogP contribution in [0.3, 0.4) is 0 Å². The van der Waals surface area contributed by atoms with E-state index in [1.807, 2.05) is 6.92 Å². The summed E-state index contributed by atoms with van der Waals surface area (Å²) in [6.07, 6.45) is 5.22. The van der Waals surface area contributed by atoms with Gasteiger partial charge in [0.05, 0.1) is 18.4 Å². The molecule has 6 nitrogen and oxygen atoms in total. The lowest BCUT2D eigenvalue weighted by molar-refractivity contribution is 0.102. The molecule has 1 fully saturated rings. The summed E-state index contributed by atoms with van der Waals surface area (Å²) in [5.41, 5.74) is 1.89. The van der Waals surface area contributed by atoms with Gasteiger partial charge in [-0.1, -0.05) is 0 Å². The van der Waals surface area contributed by atoms with Crippen LogP contribution in [-0.4, -0.2) is 36.1 Å². The largest absolute Gasteiger partial charge is 0.497 e. The third-order valence-electron chi connectivity index (χ3n) is 4.20. The minimum Gasteiger partial charge on any atom is -0.497 e. The van der Waals surface area contributed by atoms with Crippen LogP contribution in [0.5, 0.6) is 5.75 Å². The van der Waals surface area contributed by atoms with Gasteiger partial charge in [0.15, 0.2) is 0 Å². The van der Waals surface area contributed by atoms with Crippen molar-refractivity contribution >= 4 is 17.5 Å². The summed E-state index contributed by atoms with van der Waals surface area (Å²) in [4.78, 5) is 23.5. The first-order valence-electron chi connectivity index (χ1n) is 8.21. The van der Waals surface area contributed by atoms with Gasteiger partial charge >= 0.3 is 0 Å². The van der Waals surface area contributed by atoms with Crippen molar-refractivity contribution in [2.45, 2.75) is 26.2 Å². The molecule has 1 aromatic heterocycles. The Morgan fingerprint density at radius 2 is 1.88 bits per heavy atom. The molecule has 0 bridgehead atoms. The van der Waals surface area contributed by atoms with E-state index in [1.165, 1.54) is 19.3 Å². The number of nitrogens with zero attached hydrogens (tertiary/aromatic N) is 3. The van der Waals surface area contributed by atoms with Crippen LogP contribution in [0.4, 0.5) is 11.6 Å². The second-order valence-corrected chi connectivity index (χ2v) is 5.90. The van der Waals surface area contributed by atoms with Gasteiger partial charge in [-0.25, -0.2) is 9.97 Å². The maximum absolute atomic E-state index is 12.4. The monoisotopic (exact) mass is 326 g/mol. The van der Waals surface area contributed by atoms with Crippen LogP contribution in [-0.2, 0) is 0 Å². The molecule has 24 heavy (non-hydrogen) atoms. The minimum absolute atomic E-state index is 0.206. The Hall–Kier alpha value is -2.63. The van der Waals surface area contributed by atoms with Crippen LogP contribution in [0.1, 0.15) is 35.3 Å². The molecule has 0 aliphatic carbocycles. The second kappa shape index (κ2) is 7.29. The number of aryl methyl sites for hydroxylation is 1. The third kappa shape index (κ3) is 3.64. The van der Waals surface area contributed by atoms with Gasteiger partial charge in [0.25, 0.3) is 5.91 Å². The number of amides is 1. The van der Waals surface area contributed by atoms with E-state index in [0.29, 0.717) is 22.9 Å². The van der Waals surface area contributed by atoms with E-state index in [9.17, 15) is 4.79 Å². The average Bonchev–Trinajstić information content (AvgIpc) is 2.63. The maximum Gasteiger partial charge on any atom is 0.259 e. The first kappa shape index (κ1) is 16.2. The lowest BCUT2D eigenvalue weighted by atomic mass is 10.1. The van der Waals surface area contributed by atoms with Gasteiger partial charge in [-0.05, 0) is 50.5 Å². The van der Waals surface area contributed by atoms with Gasteiger partial charge in [-0.2, -0.15) is 0 Å². The molecule has 0 unspecified atom stereocenters. The van der Waals surface area contributed by atoms with E-state index in [1.54, 1.807) is 37.6 Å². The Morgan fingerprint density at radius 1 is 1.17 bits per heavy atom. The number of ether oxygens (including phenoxy) is 1. The molecule has 2 heterocycles. The lowest BCUT2D eigenvalue weighted by Crippen LogP contribution is -2.31. The molecule has 0 saturated carbocycles. The van der Waals surface area contributed by atoms with E-state index in [0.717, 1.165) is 18.8 Å². The van der Waals surface area contributed by atoms with Crippen molar-refractivity contribution in [3.63, 3.8) is 0 Å². The summed E-state index contributed by atoms with van der Waals surface area (Å²) >= 11 is 0. The molecule has 1 saturated heterocycles. The Morgan fingerprint density at radius 3 is 2.50 bits per heavy atom. The number of benzene rings is 1. The first-order chi connectivity index (χ1) is 11.7. The van der Waals surface area contributed by atoms with Crippen LogP contribution in [0, 0.1) is 6.92 Å². The molecular formula is C18H22N4O2. The molecule has 1 amide bonds. The van der Waals surface area contributed by atoms with Crippen molar-refractivity contribution in [1.82, 2.24) is 9.97 Å². The highest BCUT2D eigenvalue weighted by atomic mass is 16.5. The predicted molar refractivity (Wildman–Crippen MR) is 93.8 cm³/mol. The van der Waals surface area contributed by atoms with E-state index >= 15 is 0 Å². The summed E-state index contributed by atoms with van der Waals surface area (Å²) in [6, 6.07) is 7.21. The number of methoxy groups -OCH3 is 1. The molecule has 0 radical (unpaired) electrons. The average molecular weight is 326 g/mol. The van der Waals surface area contributed by atoms with Crippen molar-refractivity contribution in [2.24, 2.45) is 0 Å². The zero-order valence-electron chi connectivity index (χ0n) is 14.1. The summed E-state index contributed by atoms with van der Waals surface area (Å²) in [7, 11) is 1.61. The van der Waals surface area contributed by atoms with Crippen molar-refractivity contribution in [1.29, 1.82) is 0 Å². The number of piperidine rings is 1. The minimum atomic E-state index is -0.206. The van der Waals surface area contributed by atoms with Crippen LogP contribution in [0.2, 0.25) is 0 Å². The van der Waals surface area contributed by atoms with Gasteiger partial charge in [-0.3, -0.25) is 4.79 Å². The number of aromatic nitrogens is 2. The lowest BCUT2D eigenvalue weighted by Gasteiger charge is -2.26. The van der Waals surface area contributed by atoms with Crippen molar-refractivity contribution in [3.8, 4) is 5.75 Å². The Balaban J connectivity index is 1.72. The first-order valence-corrected chi connectivity index (χ1v) is 8.21. The van der Waals surface area contributed by atoms with Gasteiger partial charge in [0.2, 0.25) is 5.95 Å². The molecule has 1 N–H and O–H groups in total. The molecule has 1 aliphatic heterocycles. The predicted octanol–water partition coefficient (Wildman–Crippen LogP) is 3.04. The van der Waals surface area contributed by atoms with Gasteiger partial charge < -0.3 is 15.0 Å². The topological polar surface area (TPSA) is 67.3 Å². The summed E-state index contributed by atoms with van der Waals surface area (Å²) in [6.45, 7) is 3.81. The fourth-order valence-corrected chi connectivity index (χ4v) is 2.80. The Bertz CT molecular complexity index is 709. The zero-order chi connectivity index (χ0) is 16.9. The third-order valence-corrected chi connectivity index (χ3v) is 4.20. The molecule has 1 aliphatic rings. The molecule has 0 atom stereocenters. The highest BCUT2D eigenvalue weighted by molar-refractivity contribution is 6.04. The molecule has 1 aromatic carbocycles. The SMILES string of the molecule is COc1ccc(NC(=O)c2cnc(N3CCCCC3)nc2C)cc1. The number of hydrogen-bond acceptors (Lipinski definition) is 5. The molecule has 0 spiro atoms. The van der Waals surface area contributed by atoms with Gasteiger partial charge in [0.1, 0.15) is 5.75 Å². The summed E-state index contributed by atoms with van der Waals surface area (Å²) in [5.74, 6) is 1.26. The van der Waals surface area contributed by atoms with Gasteiger partial charge in [0, 0.05) is 25.0 Å². The molecular weight excluding hydrogens is 304 g/mol. The highest BCUT2D eigenvalue weighted by Crippen LogP contribution is 2.19. The summed E-state index contributed by atoms with van der Waals surface area (Å²) < 4.78 is 5.11. The fraction of sp³-hybridized carbons (Fsp3) is 0.389. The zero-order valence-corrected chi connectivity index (χ0v) is 14.1. The standard InChI is InChI=1S/C18H22N4O2/c1-13-16(12-19-18(20-13)22-10-4-3-5-11-22)17(23)21-14-6-8-15(24-2)9-7-14/h6-9,12H,3-5,10-11H2,1-2H3,(H,21,23). The smallest absolute Gasteiger partial charge is 0.259 e. The number of carbonyl (C=O) groups is 1. The maximum atomic E-state index is 12.4. The van der Waals surface area contributed by atoms with Gasteiger partial charge in [-0.15, -0.1) is 0 Å². The Labute approximate surface area is 141 Å². The number of rotatable bonds is 4. The second-order valence-electron chi connectivity index (χ2n) is 5.90. The van der Waals surface area contributed by atoms with Crippen LogP contribution >= 0.6 is 0 Å². The quantitative estimate of drug-likeness (QED) is 0.935. The van der Waals surface area contributed by atoms with E-state index < -0.39 is 0 Å². The molecule has 3 rings (SSSR count). The van der Waals surface area contributed by atoms with E-state index in [-0.39, 0.29) is 5.91 Å². The number of hydrogen-bond donors (Lipinski definition) is 1. The number of carbonyl (C=O) groups excluding carboxylic acids is 1. The molecule has 126 valence electrons. The number of anilines is 2. The van der Waals surface area contributed by atoms with Crippen molar-refractivity contribution < 1.29 is 9.53 Å². The molecule has 2 aromatic rings. The highest BCUT2D eigenvalue weighted by Gasteiger charge is 2.17. The van der Waals surface area contributed by atoms with E-state index in [4.69, 9.17) is 4.74 Å². The number of nitrogens with one attached hydrogen (secondary N) is 1. The normalized spacial score (nSPS) is 14.3.